The third-order valence-corrected chi connectivity index (χ3v) is 3.56. The molecule has 0 atom stereocenters. The van der Waals surface area contributed by atoms with Gasteiger partial charge < -0.3 is 4.57 Å². The molecule has 0 radical (unpaired) electrons. The van der Waals surface area contributed by atoms with Gasteiger partial charge in [-0.3, -0.25) is 9.48 Å². The molecular weight excluding hydrogens is 280 g/mol. The molecule has 0 fully saturated rings. The average molecular weight is 296 g/mol. The van der Waals surface area contributed by atoms with E-state index in [1.54, 1.807) is 26.3 Å². The Labute approximate surface area is 127 Å². The Kier molecular flexibility index (Phi) is 3.46. The molecule has 1 aromatic carbocycles. The minimum Gasteiger partial charge on any atom is -0.317 e. The van der Waals surface area contributed by atoms with E-state index >= 15 is 0 Å². The van der Waals surface area contributed by atoms with Gasteiger partial charge >= 0.3 is 0 Å². The van der Waals surface area contributed by atoms with Gasteiger partial charge in [-0.05, 0) is 19.1 Å². The lowest BCUT2D eigenvalue weighted by Crippen LogP contribution is -2.19. The van der Waals surface area contributed by atoms with E-state index in [0.29, 0.717) is 11.6 Å². The summed E-state index contributed by atoms with van der Waals surface area (Å²) in [6.07, 6.45) is 3.41. The lowest BCUT2D eigenvalue weighted by Gasteiger charge is -2.07. The molecule has 2 heterocycles. The number of imidazole rings is 1. The maximum atomic E-state index is 12.6. The van der Waals surface area contributed by atoms with Crippen LogP contribution in [0, 0.1) is 6.92 Å². The molecule has 0 N–H and O–H groups in total. The second-order valence-electron chi connectivity index (χ2n) is 4.95. The van der Waals surface area contributed by atoms with E-state index in [4.69, 9.17) is 0 Å². The predicted molar refractivity (Wildman–Crippen MR) is 83.1 cm³/mol. The van der Waals surface area contributed by atoms with Crippen LogP contribution < -0.4 is 5.56 Å². The molecule has 7 nitrogen and oxygen atoms in total. The highest BCUT2D eigenvalue weighted by molar-refractivity contribution is 5.44. The number of hydrogen-bond acceptors (Lipinski definition) is 4. The van der Waals surface area contributed by atoms with Crippen LogP contribution in [-0.2, 0) is 14.1 Å². The Morgan fingerprint density at radius 1 is 1.09 bits per heavy atom. The summed E-state index contributed by atoms with van der Waals surface area (Å²) in [5, 5.41) is 8.16. The number of aryl methyl sites for hydroxylation is 1. The zero-order valence-electron chi connectivity index (χ0n) is 12.6. The maximum absolute atomic E-state index is 12.6. The fourth-order valence-electron chi connectivity index (χ4n) is 2.22. The molecule has 0 bridgehead atoms. The number of hydrogen-bond donors (Lipinski definition) is 0. The Bertz CT molecular complexity index is 885. The standard InChI is InChI=1S/C15H16N6O/c1-11-13(17-18-15-16-9-10-19(15)2)14(22)21(20(11)3)12-7-5-4-6-8-12/h4-10H,1-3H3/b18-17+. The lowest BCUT2D eigenvalue weighted by atomic mass is 10.3. The maximum Gasteiger partial charge on any atom is 0.299 e. The van der Waals surface area contributed by atoms with Gasteiger partial charge in [0, 0.05) is 26.5 Å². The van der Waals surface area contributed by atoms with Crippen molar-refractivity contribution in [3.63, 3.8) is 0 Å². The van der Waals surface area contributed by atoms with Crippen molar-refractivity contribution < 1.29 is 0 Å². The van der Waals surface area contributed by atoms with Crippen molar-refractivity contribution in [2.75, 3.05) is 0 Å². The number of benzene rings is 1. The first-order valence-corrected chi connectivity index (χ1v) is 6.82. The number of aromatic nitrogens is 4. The van der Waals surface area contributed by atoms with Crippen LogP contribution in [-0.4, -0.2) is 18.9 Å². The summed E-state index contributed by atoms with van der Waals surface area (Å²) in [6.45, 7) is 1.84. The summed E-state index contributed by atoms with van der Waals surface area (Å²) in [6, 6.07) is 9.44. The number of nitrogens with zero attached hydrogens (tertiary/aromatic N) is 6. The molecule has 0 saturated heterocycles. The van der Waals surface area contributed by atoms with Crippen LogP contribution in [0.2, 0.25) is 0 Å². The molecule has 7 heteroatoms. The van der Waals surface area contributed by atoms with Crippen molar-refractivity contribution in [1.82, 2.24) is 18.9 Å². The molecule has 0 aliphatic rings. The van der Waals surface area contributed by atoms with Gasteiger partial charge in [0.1, 0.15) is 0 Å². The van der Waals surface area contributed by atoms with Crippen molar-refractivity contribution in [1.29, 1.82) is 0 Å². The fraction of sp³-hybridized carbons (Fsp3) is 0.200. The van der Waals surface area contributed by atoms with E-state index in [2.05, 4.69) is 15.2 Å². The molecule has 0 amide bonds. The van der Waals surface area contributed by atoms with Crippen molar-refractivity contribution in [2.24, 2.45) is 24.3 Å². The molecule has 0 aliphatic heterocycles. The van der Waals surface area contributed by atoms with Crippen LogP contribution in [0.5, 0.6) is 0 Å². The average Bonchev–Trinajstić information content (AvgIpc) is 3.01. The molecule has 3 rings (SSSR count). The third kappa shape index (κ3) is 2.26. The smallest absolute Gasteiger partial charge is 0.299 e. The second kappa shape index (κ2) is 5.44. The lowest BCUT2D eigenvalue weighted by molar-refractivity contribution is 0.630. The van der Waals surface area contributed by atoms with Gasteiger partial charge in [-0.15, -0.1) is 10.2 Å². The molecule has 0 unspecified atom stereocenters. The van der Waals surface area contributed by atoms with Crippen molar-refractivity contribution in [3.8, 4) is 5.69 Å². The van der Waals surface area contributed by atoms with Gasteiger partial charge in [-0.25, -0.2) is 9.67 Å². The van der Waals surface area contributed by atoms with E-state index in [9.17, 15) is 4.79 Å². The van der Waals surface area contributed by atoms with E-state index in [1.807, 2.05) is 51.4 Å². The SMILES string of the molecule is Cc1c(/N=N/c2nccn2C)c(=O)n(-c2ccccc2)n1C. The first kappa shape index (κ1) is 14.0. The Morgan fingerprint density at radius 3 is 2.45 bits per heavy atom. The predicted octanol–water partition coefficient (Wildman–Crippen LogP) is 2.63. The molecular formula is C15H16N6O. The number of azo groups is 1. The van der Waals surface area contributed by atoms with Crippen LogP contribution in [0.25, 0.3) is 5.69 Å². The second-order valence-corrected chi connectivity index (χ2v) is 4.95. The van der Waals surface area contributed by atoms with Gasteiger partial charge in [0.25, 0.3) is 5.56 Å². The molecule has 3 aromatic rings. The van der Waals surface area contributed by atoms with E-state index < -0.39 is 0 Å². The van der Waals surface area contributed by atoms with E-state index in [0.717, 1.165) is 11.4 Å². The Morgan fingerprint density at radius 2 is 1.82 bits per heavy atom. The normalized spacial score (nSPS) is 11.4. The molecule has 0 saturated carbocycles. The van der Waals surface area contributed by atoms with Gasteiger partial charge in [0.15, 0.2) is 5.69 Å². The number of para-hydroxylation sites is 1. The summed E-state index contributed by atoms with van der Waals surface area (Å²) in [7, 11) is 3.64. The molecule has 112 valence electrons. The molecule has 22 heavy (non-hydrogen) atoms. The number of rotatable bonds is 3. The summed E-state index contributed by atoms with van der Waals surface area (Å²) in [5.41, 5.74) is 1.64. The molecule has 0 spiro atoms. The minimum atomic E-state index is -0.204. The first-order chi connectivity index (χ1) is 10.6. The monoisotopic (exact) mass is 296 g/mol. The highest BCUT2D eigenvalue weighted by atomic mass is 16.1. The fourth-order valence-corrected chi connectivity index (χ4v) is 2.22. The first-order valence-electron chi connectivity index (χ1n) is 6.82. The van der Waals surface area contributed by atoms with Gasteiger partial charge in [0.05, 0.1) is 11.4 Å². The van der Waals surface area contributed by atoms with Crippen LogP contribution in [0.1, 0.15) is 5.69 Å². The zero-order chi connectivity index (χ0) is 15.7. The highest BCUT2D eigenvalue weighted by Crippen LogP contribution is 2.19. The Hall–Kier alpha value is -2.96. The van der Waals surface area contributed by atoms with Gasteiger partial charge in [-0.2, -0.15) is 0 Å². The summed E-state index contributed by atoms with van der Waals surface area (Å²) < 4.78 is 5.07. The van der Waals surface area contributed by atoms with Crippen LogP contribution in [0.3, 0.4) is 0 Å². The van der Waals surface area contributed by atoms with Crippen molar-refractivity contribution in [2.45, 2.75) is 6.92 Å². The third-order valence-electron chi connectivity index (χ3n) is 3.56. The highest BCUT2D eigenvalue weighted by Gasteiger charge is 2.15. The van der Waals surface area contributed by atoms with Crippen molar-refractivity contribution >= 4 is 11.6 Å². The van der Waals surface area contributed by atoms with Crippen LogP contribution in [0.4, 0.5) is 11.6 Å². The van der Waals surface area contributed by atoms with Gasteiger partial charge in [0.2, 0.25) is 5.95 Å². The van der Waals surface area contributed by atoms with E-state index in [1.165, 1.54) is 0 Å². The quantitative estimate of drug-likeness (QED) is 0.697. The summed E-state index contributed by atoms with van der Waals surface area (Å²) in [5.74, 6) is 0.453. The summed E-state index contributed by atoms with van der Waals surface area (Å²) in [4.78, 5) is 16.7. The van der Waals surface area contributed by atoms with Crippen LogP contribution in [0.15, 0.2) is 57.7 Å². The van der Waals surface area contributed by atoms with Gasteiger partial charge in [-0.1, -0.05) is 18.2 Å². The van der Waals surface area contributed by atoms with E-state index in [-0.39, 0.29) is 5.56 Å². The molecule has 2 aromatic heterocycles. The van der Waals surface area contributed by atoms with Crippen LogP contribution >= 0.6 is 0 Å². The minimum absolute atomic E-state index is 0.204. The summed E-state index contributed by atoms with van der Waals surface area (Å²) >= 11 is 0. The zero-order valence-corrected chi connectivity index (χ0v) is 12.6. The molecule has 0 aliphatic carbocycles. The topological polar surface area (TPSA) is 69.5 Å². The largest absolute Gasteiger partial charge is 0.317 e. The van der Waals surface area contributed by atoms with Crippen molar-refractivity contribution in [3.05, 3.63) is 58.8 Å². The Balaban J connectivity index is 2.09.